The molecule has 0 bridgehead atoms. The van der Waals surface area contributed by atoms with Crippen LogP contribution in [0.25, 0.3) is 16.3 Å². The molecule has 0 spiro atoms. The average molecular weight is 686 g/mol. The molecule has 6 rings (SSSR count). The number of anilines is 1. The first-order valence-electron chi connectivity index (χ1n) is 12.7. The van der Waals surface area contributed by atoms with Gasteiger partial charge in [0.15, 0.2) is 5.78 Å². The summed E-state index contributed by atoms with van der Waals surface area (Å²) >= 11 is 19.9. The van der Waals surface area contributed by atoms with Gasteiger partial charge in [-0.1, -0.05) is 89.4 Å². The molecule has 4 aromatic rings. The third-order valence-electron chi connectivity index (χ3n) is 7.47. The van der Waals surface area contributed by atoms with E-state index in [4.69, 9.17) is 27.9 Å². The Kier molecular flexibility index (Phi) is 7.08. The summed E-state index contributed by atoms with van der Waals surface area (Å²) in [5.41, 5.74) is 5.66. The van der Waals surface area contributed by atoms with Crippen molar-refractivity contribution in [2.24, 2.45) is 5.41 Å². The van der Waals surface area contributed by atoms with Gasteiger partial charge in [0, 0.05) is 48.9 Å². The monoisotopic (exact) mass is 683 g/mol. The van der Waals surface area contributed by atoms with Crippen molar-refractivity contribution in [1.82, 2.24) is 0 Å². The maximum atomic E-state index is 13.9. The largest absolute Gasteiger partial charge is 0.487 e. The van der Waals surface area contributed by atoms with E-state index in [0.717, 1.165) is 59.7 Å². The summed E-state index contributed by atoms with van der Waals surface area (Å²) in [6.45, 7) is 4.61. The Labute approximate surface area is 254 Å². The number of hydrogen-bond donors (Lipinski definition) is 1. The number of carbonyl (C=O) groups excluding carboxylic acids is 1. The molecule has 1 aliphatic carbocycles. The van der Waals surface area contributed by atoms with Crippen LogP contribution >= 0.6 is 55.1 Å². The number of benzene rings is 4. The van der Waals surface area contributed by atoms with Crippen molar-refractivity contribution in [1.29, 1.82) is 0 Å². The molecular weight excluding hydrogens is 661 g/mol. The summed E-state index contributed by atoms with van der Waals surface area (Å²) in [5, 5.41) is 7.17. The van der Waals surface area contributed by atoms with E-state index in [0.29, 0.717) is 22.2 Å². The van der Waals surface area contributed by atoms with Crippen LogP contribution in [0.5, 0.6) is 5.75 Å². The van der Waals surface area contributed by atoms with Crippen LogP contribution in [0.4, 0.5) is 5.69 Å². The van der Waals surface area contributed by atoms with E-state index >= 15 is 0 Å². The van der Waals surface area contributed by atoms with Gasteiger partial charge in [0.2, 0.25) is 0 Å². The summed E-state index contributed by atoms with van der Waals surface area (Å²) in [7, 11) is 0. The molecular formula is C32H25Br2Cl2NO2. The lowest BCUT2D eigenvalue weighted by Crippen LogP contribution is -2.33. The Hall–Kier alpha value is -2.31. The van der Waals surface area contributed by atoms with Gasteiger partial charge in [-0.25, -0.2) is 0 Å². The minimum absolute atomic E-state index is 0.130. The van der Waals surface area contributed by atoms with Gasteiger partial charge in [0.1, 0.15) is 12.4 Å². The van der Waals surface area contributed by atoms with Crippen LogP contribution in [0, 0.1) is 5.41 Å². The number of halogens is 4. The highest BCUT2D eigenvalue weighted by atomic mass is 79.9. The fourth-order valence-electron chi connectivity index (χ4n) is 5.81. The van der Waals surface area contributed by atoms with Crippen LogP contribution in [0.15, 0.2) is 81.2 Å². The SMILES string of the molecule is CC1(C)CC(=O)C2=C(C1)c1c(ccc3ccccc13)N[C@@H]2c1cc(Br)cc(Br)c1OCc1ccc(Cl)cc1Cl. The lowest BCUT2D eigenvalue weighted by atomic mass is 9.68. The van der Waals surface area contributed by atoms with Crippen molar-refractivity contribution >= 4 is 82.9 Å². The predicted molar refractivity (Wildman–Crippen MR) is 168 cm³/mol. The van der Waals surface area contributed by atoms with Gasteiger partial charge in [-0.3, -0.25) is 4.79 Å². The van der Waals surface area contributed by atoms with Crippen LogP contribution in [-0.2, 0) is 11.4 Å². The fraction of sp³-hybridized carbons (Fsp3) is 0.219. The molecule has 1 heterocycles. The second-order valence-electron chi connectivity index (χ2n) is 11.0. The summed E-state index contributed by atoms with van der Waals surface area (Å²) in [6, 6.07) is 21.6. The summed E-state index contributed by atoms with van der Waals surface area (Å²) < 4.78 is 8.10. The van der Waals surface area contributed by atoms with E-state index in [1.165, 1.54) is 0 Å². The minimum atomic E-state index is -0.373. The van der Waals surface area contributed by atoms with Gasteiger partial charge in [-0.15, -0.1) is 0 Å². The second-order valence-corrected chi connectivity index (χ2v) is 13.6. The third kappa shape index (κ3) is 5.04. The molecule has 0 amide bonds. The zero-order chi connectivity index (χ0) is 27.5. The summed E-state index contributed by atoms with van der Waals surface area (Å²) in [6.07, 6.45) is 1.31. The minimum Gasteiger partial charge on any atom is -0.487 e. The smallest absolute Gasteiger partial charge is 0.162 e. The van der Waals surface area contributed by atoms with Crippen LogP contribution in [-0.4, -0.2) is 5.78 Å². The standard InChI is InChI=1S/C32H25Br2Cl2NO2/c1-32(2)14-23-28-21-6-4-3-5-17(21)8-10-26(28)37-30(29(23)27(38)15-32)22-11-19(33)12-24(34)31(22)39-16-18-7-9-20(35)13-25(18)36/h3-13,30,37H,14-16H2,1-2H3/t30-/m1/s1. The van der Waals surface area contributed by atoms with E-state index in [9.17, 15) is 4.79 Å². The molecule has 1 atom stereocenters. The highest BCUT2D eigenvalue weighted by Gasteiger charge is 2.41. The Balaban J connectivity index is 1.52. The Morgan fingerprint density at radius 3 is 2.59 bits per heavy atom. The number of ether oxygens (including phenoxy) is 1. The molecule has 0 aromatic heterocycles. The zero-order valence-corrected chi connectivity index (χ0v) is 26.1. The third-order valence-corrected chi connectivity index (χ3v) is 9.11. The quantitative estimate of drug-likeness (QED) is 0.232. The molecule has 2 aliphatic rings. The van der Waals surface area contributed by atoms with Crippen molar-refractivity contribution in [3.05, 3.63) is 108 Å². The predicted octanol–water partition coefficient (Wildman–Crippen LogP) is 10.6. The molecule has 0 unspecified atom stereocenters. The molecule has 0 saturated carbocycles. The highest BCUT2D eigenvalue weighted by molar-refractivity contribution is 9.11. The molecule has 0 radical (unpaired) electrons. The van der Waals surface area contributed by atoms with E-state index in [2.05, 4.69) is 87.4 Å². The Morgan fingerprint density at radius 2 is 1.79 bits per heavy atom. The molecule has 39 heavy (non-hydrogen) atoms. The Bertz CT molecular complexity index is 1700. The van der Waals surface area contributed by atoms with Gasteiger partial charge in [-0.2, -0.15) is 0 Å². The van der Waals surface area contributed by atoms with Gasteiger partial charge < -0.3 is 10.1 Å². The van der Waals surface area contributed by atoms with Gasteiger partial charge in [0.05, 0.1) is 10.5 Å². The molecule has 0 fully saturated rings. The molecule has 1 N–H and O–H groups in total. The van der Waals surface area contributed by atoms with E-state index in [-0.39, 0.29) is 23.8 Å². The fourth-order valence-corrected chi connectivity index (χ4v) is 7.64. The van der Waals surface area contributed by atoms with Crippen molar-refractivity contribution < 1.29 is 9.53 Å². The molecule has 7 heteroatoms. The number of hydrogen-bond acceptors (Lipinski definition) is 3. The van der Waals surface area contributed by atoms with Crippen LogP contribution in [0.1, 0.15) is 49.4 Å². The normalized spacial score (nSPS) is 18.0. The number of carbonyl (C=O) groups is 1. The second kappa shape index (κ2) is 10.3. The number of fused-ring (bicyclic) bond motifs is 4. The highest BCUT2D eigenvalue weighted by Crippen LogP contribution is 2.53. The maximum absolute atomic E-state index is 13.9. The first-order chi connectivity index (χ1) is 18.6. The van der Waals surface area contributed by atoms with E-state index < -0.39 is 0 Å². The summed E-state index contributed by atoms with van der Waals surface area (Å²) in [5.74, 6) is 0.829. The van der Waals surface area contributed by atoms with E-state index in [1.54, 1.807) is 12.1 Å². The van der Waals surface area contributed by atoms with Crippen LogP contribution in [0.2, 0.25) is 10.0 Å². The van der Waals surface area contributed by atoms with Crippen LogP contribution in [0.3, 0.4) is 0 Å². The van der Waals surface area contributed by atoms with Crippen molar-refractivity contribution in [3.8, 4) is 5.75 Å². The Morgan fingerprint density at radius 1 is 1.00 bits per heavy atom. The first kappa shape index (κ1) is 26.9. The summed E-state index contributed by atoms with van der Waals surface area (Å²) in [4.78, 5) is 13.9. The lowest BCUT2D eigenvalue weighted by Gasteiger charge is -2.40. The van der Waals surface area contributed by atoms with Gasteiger partial charge in [0.25, 0.3) is 0 Å². The number of Topliss-reactive ketones (excluding diaryl/α,β-unsaturated/α-hetero) is 1. The molecule has 4 aromatic carbocycles. The van der Waals surface area contributed by atoms with Gasteiger partial charge >= 0.3 is 0 Å². The molecule has 1 aliphatic heterocycles. The molecule has 3 nitrogen and oxygen atoms in total. The number of allylic oxidation sites excluding steroid dienone is 1. The number of rotatable bonds is 4. The van der Waals surface area contributed by atoms with Crippen molar-refractivity contribution in [2.45, 2.75) is 39.3 Å². The maximum Gasteiger partial charge on any atom is 0.162 e. The molecule has 198 valence electrons. The number of ketones is 1. The average Bonchev–Trinajstić information content (AvgIpc) is 2.87. The first-order valence-corrected chi connectivity index (χ1v) is 15.1. The number of nitrogens with one attached hydrogen (secondary N) is 1. The zero-order valence-electron chi connectivity index (χ0n) is 21.4. The van der Waals surface area contributed by atoms with E-state index in [1.807, 2.05) is 18.2 Å². The van der Waals surface area contributed by atoms with Gasteiger partial charge in [-0.05, 0) is 74.4 Å². The molecule has 0 saturated heterocycles. The van der Waals surface area contributed by atoms with Crippen LogP contribution < -0.4 is 10.1 Å². The van der Waals surface area contributed by atoms with Crippen molar-refractivity contribution in [2.75, 3.05) is 5.32 Å². The van der Waals surface area contributed by atoms with Crippen molar-refractivity contribution in [3.63, 3.8) is 0 Å². The lowest BCUT2D eigenvalue weighted by molar-refractivity contribution is -0.118. The topological polar surface area (TPSA) is 38.3 Å².